The summed E-state index contributed by atoms with van der Waals surface area (Å²) < 4.78 is 18.9. The summed E-state index contributed by atoms with van der Waals surface area (Å²) in [7, 11) is 1.45. The highest BCUT2D eigenvalue weighted by Crippen LogP contribution is 2.20. The van der Waals surface area contributed by atoms with Crippen molar-refractivity contribution in [2.45, 2.75) is 13.5 Å². The van der Waals surface area contributed by atoms with Crippen molar-refractivity contribution in [3.8, 4) is 11.5 Å². The fourth-order valence-corrected chi connectivity index (χ4v) is 3.62. The molecule has 1 heterocycles. The van der Waals surface area contributed by atoms with Crippen LogP contribution in [0.15, 0.2) is 42.5 Å². The minimum atomic E-state index is -0.378. The van der Waals surface area contributed by atoms with E-state index in [0.717, 1.165) is 35.8 Å². The number of anilines is 1. The van der Waals surface area contributed by atoms with Gasteiger partial charge in [-0.3, -0.25) is 4.79 Å². The Bertz CT molecular complexity index is 821. The average molecular weight is 402 g/mol. The quantitative estimate of drug-likeness (QED) is 0.733. The zero-order valence-electron chi connectivity index (χ0n) is 17.0. The number of hydrogen-bond donors (Lipinski definition) is 2. The van der Waals surface area contributed by atoms with Crippen molar-refractivity contribution in [2.75, 3.05) is 51.3 Å². The predicted molar refractivity (Wildman–Crippen MR) is 110 cm³/mol. The Morgan fingerprint density at radius 1 is 1.14 bits per heavy atom. The van der Waals surface area contributed by atoms with E-state index < -0.39 is 0 Å². The van der Waals surface area contributed by atoms with Gasteiger partial charge in [-0.15, -0.1) is 0 Å². The van der Waals surface area contributed by atoms with Crippen molar-refractivity contribution in [3.05, 3.63) is 53.8 Å². The van der Waals surface area contributed by atoms with E-state index in [-0.39, 0.29) is 23.2 Å². The molecule has 0 saturated carbocycles. The highest BCUT2D eigenvalue weighted by molar-refractivity contribution is 5.77. The summed E-state index contributed by atoms with van der Waals surface area (Å²) in [4.78, 5) is 18.0. The molecule has 0 spiro atoms. The Balaban J connectivity index is 1.52. The first-order valence-electron chi connectivity index (χ1n) is 9.98. The minimum absolute atomic E-state index is 0.126. The van der Waals surface area contributed by atoms with Crippen LogP contribution in [0, 0.1) is 5.82 Å². The third kappa shape index (κ3) is 5.38. The first-order valence-corrected chi connectivity index (χ1v) is 9.98. The Labute approximate surface area is 171 Å². The number of quaternary nitrogens is 1. The second kappa shape index (κ2) is 9.60. The first kappa shape index (κ1) is 20.9. The van der Waals surface area contributed by atoms with Crippen molar-refractivity contribution >= 4 is 11.6 Å². The van der Waals surface area contributed by atoms with E-state index in [1.54, 1.807) is 18.2 Å². The SMILES string of the molecule is CC[NH+](CC(=O)N1CCN(c2ccc(O)cc2)CC1)Cc1ccc(OC)c(F)c1. The number of amides is 1. The number of carbonyl (C=O) groups excluding carboxylic acids is 1. The summed E-state index contributed by atoms with van der Waals surface area (Å²) in [6, 6.07) is 12.1. The van der Waals surface area contributed by atoms with Gasteiger partial charge < -0.3 is 24.5 Å². The molecule has 1 aliphatic rings. The summed E-state index contributed by atoms with van der Waals surface area (Å²) in [5.41, 5.74) is 1.90. The fourth-order valence-electron chi connectivity index (χ4n) is 3.62. The number of hydrogen-bond acceptors (Lipinski definition) is 4. The van der Waals surface area contributed by atoms with Gasteiger partial charge in [0, 0.05) is 37.4 Å². The van der Waals surface area contributed by atoms with Crippen LogP contribution in [0.4, 0.5) is 10.1 Å². The maximum Gasteiger partial charge on any atom is 0.277 e. The summed E-state index contributed by atoms with van der Waals surface area (Å²) >= 11 is 0. The molecule has 1 atom stereocenters. The van der Waals surface area contributed by atoms with Crippen LogP contribution in [0.2, 0.25) is 0 Å². The lowest BCUT2D eigenvalue weighted by Gasteiger charge is -2.36. The molecule has 3 rings (SSSR count). The van der Waals surface area contributed by atoms with Crippen LogP contribution in [0.5, 0.6) is 11.5 Å². The first-order chi connectivity index (χ1) is 14.0. The number of benzene rings is 2. The monoisotopic (exact) mass is 402 g/mol. The van der Waals surface area contributed by atoms with Crippen LogP contribution in [0.25, 0.3) is 0 Å². The number of carbonyl (C=O) groups is 1. The number of nitrogens with zero attached hydrogens (tertiary/aromatic N) is 2. The van der Waals surface area contributed by atoms with Crippen molar-refractivity contribution in [2.24, 2.45) is 0 Å². The van der Waals surface area contributed by atoms with Gasteiger partial charge in [-0.25, -0.2) is 4.39 Å². The molecule has 2 N–H and O–H groups in total. The van der Waals surface area contributed by atoms with Gasteiger partial charge >= 0.3 is 0 Å². The number of methoxy groups -OCH3 is 1. The molecule has 6 nitrogen and oxygen atoms in total. The van der Waals surface area contributed by atoms with Crippen LogP contribution < -0.4 is 14.5 Å². The van der Waals surface area contributed by atoms with Gasteiger partial charge in [0.05, 0.1) is 13.7 Å². The highest BCUT2D eigenvalue weighted by Gasteiger charge is 2.24. The molecular formula is C22H29FN3O3+. The van der Waals surface area contributed by atoms with E-state index in [9.17, 15) is 14.3 Å². The third-order valence-electron chi connectivity index (χ3n) is 5.42. The number of phenols is 1. The number of halogens is 1. The number of likely N-dealkylation sites (N-methyl/N-ethyl adjacent to an activating group) is 1. The summed E-state index contributed by atoms with van der Waals surface area (Å²) in [6.45, 7) is 6.68. The van der Waals surface area contributed by atoms with Gasteiger partial charge in [0.25, 0.3) is 5.91 Å². The van der Waals surface area contributed by atoms with Gasteiger partial charge in [-0.05, 0) is 49.4 Å². The van der Waals surface area contributed by atoms with Crippen molar-refractivity contribution in [1.82, 2.24) is 4.90 Å². The highest BCUT2D eigenvalue weighted by atomic mass is 19.1. The zero-order valence-corrected chi connectivity index (χ0v) is 17.0. The lowest BCUT2D eigenvalue weighted by molar-refractivity contribution is -0.904. The summed E-state index contributed by atoms with van der Waals surface area (Å²) in [5, 5.41) is 9.42. The Hall–Kier alpha value is -2.80. The Morgan fingerprint density at radius 3 is 2.41 bits per heavy atom. The van der Waals surface area contributed by atoms with Crippen LogP contribution in [-0.2, 0) is 11.3 Å². The largest absolute Gasteiger partial charge is 0.508 e. The lowest BCUT2D eigenvalue weighted by Crippen LogP contribution is -3.11. The average Bonchev–Trinajstić information content (AvgIpc) is 2.74. The number of rotatable bonds is 7. The Morgan fingerprint density at radius 2 is 1.83 bits per heavy atom. The number of piperazine rings is 1. The van der Waals surface area contributed by atoms with E-state index in [1.807, 2.05) is 30.0 Å². The number of nitrogens with one attached hydrogen (secondary N) is 1. The topological polar surface area (TPSA) is 57.5 Å². The second-order valence-electron chi connectivity index (χ2n) is 7.31. The summed E-state index contributed by atoms with van der Waals surface area (Å²) in [5.74, 6) is 0.231. The molecule has 0 aliphatic carbocycles. The summed E-state index contributed by atoms with van der Waals surface area (Å²) in [6.07, 6.45) is 0. The van der Waals surface area contributed by atoms with Crippen molar-refractivity contribution in [1.29, 1.82) is 0 Å². The molecule has 0 radical (unpaired) electrons. The van der Waals surface area contributed by atoms with Gasteiger partial charge in [-0.1, -0.05) is 0 Å². The normalized spacial score (nSPS) is 15.3. The minimum Gasteiger partial charge on any atom is -0.508 e. The number of phenolic OH excluding ortho intramolecular Hbond substituents is 1. The van der Waals surface area contributed by atoms with Gasteiger partial charge in [0.2, 0.25) is 0 Å². The molecule has 1 unspecified atom stereocenters. The Kier molecular flexibility index (Phi) is 6.93. The van der Waals surface area contributed by atoms with Crippen LogP contribution in [0.3, 0.4) is 0 Å². The van der Waals surface area contributed by atoms with Crippen molar-refractivity contribution < 1.29 is 23.9 Å². The van der Waals surface area contributed by atoms with Crippen LogP contribution in [-0.4, -0.2) is 62.3 Å². The van der Waals surface area contributed by atoms with E-state index in [1.165, 1.54) is 13.2 Å². The van der Waals surface area contributed by atoms with E-state index in [0.29, 0.717) is 26.2 Å². The second-order valence-corrected chi connectivity index (χ2v) is 7.31. The molecule has 1 fully saturated rings. The molecular weight excluding hydrogens is 373 g/mol. The smallest absolute Gasteiger partial charge is 0.277 e. The van der Waals surface area contributed by atoms with Gasteiger partial charge in [0.15, 0.2) is 18.1 Å². The number of ether oxygens (including phenoxy) is 1. The van der Waals surface area contributed by atoms with Gasteiger partial charge in [-0.2, -0.15) is 0 Å². The van der Waals surface area contributed by atoms with Crippen LogP contribution in [0.1, 0.15) is 12.5 Å². The van der Waals surface area contributed by atoms with Gasteiger partial charge in [0.1, 0.15) is 12.3 Å². The lowest BCUT2D eigenvalue weighted by atomic mass is 10.2. The molecule has 1 amide bonds. The molecule has 1 saturated heterocycles. The van der Waals surface area contributed by atoms with Crippen LogP contribution >= 0.6 is 0 Å². The maximum atomic E-state index is 13.9. The molecule has 1 aliphatic heterocycles. The zero-order chi connectivity index (χ0) is 20.8. The molecule has 2 aromatic carbocycles. The molecule has 156 valence electrons. The molecule has 7 heteroatoms. The van der Waals surface area contributed by atoms with E-state index in [2.05, 4.69) is 4.90 Å². The van der Waals surface area contributed by atoms with E-state index >= 15 is 0 Å². The van der Waals surface area contributed by atoms with E-state index in [4.69, 9.17) is 4.74 Å². The maximum absolute atomic E-state index is 13.9. The standard InChI is InChI=1S/C22H28FN3O3/c1-3-24(15-17-4-9-21(29-2)20(23)14-17)16-22(28)26-12-10-25(11-13-26)18-5-7-19(27)8-6-18/h4-9,14,27H,3,10-13,15-16H2,1-2H3/p+1. The molecule has 29 heavy (non-hydrogen) atoms. The fraction of sp³-hybridized carbons (Fsp3) is 0.409. The molecule has 2 aromatic rings. The number of aromatic hydroxyl groups is 1. The van der Waals surface area contributed by atoms with Crippen molar-refractivity contribution in [3.63, 3.8) is 0 Å². The predicted octanol–water partition coefficient (Wildman–Crippen LogP) is 1.29. The molecule has 0 aromatic heterocycles. The third-order valence-corrected chi connectivity index (χ3v) is 5.42. The molecule has 0 bridgehead atoms.